The molecule has 45 heteroatoms. The molecule has 3 fully saturated rings. The van der Waals surface area contributed by atoms with Gasteiger partial charge in [0.25, 0.3) is 31.3 Å². The van der Waals surface area contributed by atoms with Crippen LogP contribution in [0.1, 0.15) is 162 Å². The minimum absolute atomic E-state index is 0.00122. The molecule has 0 spiro atoms. The predicted molar refractivity (Wildman–Crippen MR) is 394 cm³/mol. The number of nitrogens with one attached hydrogen (secondary N) is 3. The summed E-state index contributed by atoms with van der Waals surface area (Å²) < 4.78 is 149. The highest BCUT2D eigenvalue weighted by molar-refractivity contribution is 7.46. The van der Waals surface area contributed by atoms with Gasteiger partial charge in [-0.1, -0.05) is 12.8 Å². The smallest absolute Gasteiger partial charge is 0.267 e. The summed E-state index contributed by atoms with van der Waals surface area (Å²) in [5, 5.41) is 100. The molecule has 0 aromatic heterocycles. The topological polar surface area (TPSA) is 596 Å². The van der Waals surface area contributed by atoms with Crippen LogP contribution in [0.5, 0.6) is 0 Å². The van der Waals surface area contributed by atoms with E-state index in [2.05, 4.69) is 20.5 Å². The fraction of sp³-hybridized carbons (Fsp3) is 0.957. The first-order valence-electron chi connectivity index (χ1n) is 39.3. The lowest BCUT2D eigenvalue weighted by atomic mass is 9.87. The van der Waals surface area contributed by atoms with Crippen LogP contribution in [0.15, 0.2) is 0 Å². The molecule has 0 aromatic carbocycles. The molecule has 0 bridgehead atoms. The number of hydrogen-bond acceptors (Lipinski definition) is 38. The zero-order valence-electron chi connectivity index (χ0n) is 66.3. The summed E-state index contributed by atoms with van der Waals surface area (Å²) in [4.78, 5) is 85.5. The third-order valence-electron chi connectivity index (χ3n) is 18.4. The van der Waals surface area contributed by atoms with Crippen LogP contribution in [0.25, 0.3) is 0 Å². The maximum Gasteiger partial charge on any atom is 0.267 e. The van der Waals surface area contributed by atoms with Crippen LogP contribution in [0.4, 0.5) is 0 Å². The number of unbranched alkanes of at least 4 members (excludes halogenated alkanes) is 11. The van der Waals surface area contributed by atoms with E-state index in [0.29, 0.717) is 96.5 Å². The molecule has 674 valence electrons. The van der Waals surface area contributed by atoms with Crippen molar-refractivity contribution in [1.82, 2.24) is 16.0 Å². The second-order valence-corrected chi connectivity index (χ2v) is 34.4. The first kappa shape index (κ1) is 106. The molecule has 3 saturated heterocycles. The molecule has 20 atom stereocenters. The van der Waals surface area contributed by atoms with Gasteiger partial charge in [-0.25, -0.2) is 0 Å². The first-order valence-corrected chi connectivity index (χ1v) is 45.2. The van der Waals surface area contributed by atoms with Crippen LogP contribution in [-0.2, 0) is 116 Å². The van der Waals surface area contributed by atoms with E-state index >= 15 is 0 Å². The van der Waals surface area contributed by atoms with Gasteiger partial charge in [0.05, 0.1) is 104 Å². The van der Waals surface area contributed by atoms with Crippen molar-refractivity contribution in [3.05, 3.63) is 0 Å². The Morgan fingerprint density at radius 1 is 0.360 bits per heavy atom. The second kappa shape index (κ2) is 60.6. The fourth-order valence-electron chi connectivity index (χ4n) is 12.0. The van der Waals surface area contributed by atoms with Crippen molar-refractivity contribution in [1.29, 1.82) is 0 Å². The van der Waals surface area contributed by atoms with Crippen molar-refractivity contribution in [2.24, 2.45) is 23.2 Å². The second-order valence-electron chi connectivity index (χ2n) is 28.6. The van der Waals surface area contributed by atoms with Crippen LogP contribution in [0.3, 0.4) is 0 Å². The Bertz CT molecular complexity index is 2740. The number of amides is 3. The molecule has 0 aliphatic carbocycles. The van der Waals surface area contributed by atoms with Gasteiger partial charge in [0.2, 0.25) is 17.7 Å². The van der Waals surface area contributed by atoms with Crippen molar-refractivity contribution >= 4 is 49.0 Å². The van der Waals surface area contributed by atoms with E-state index in [1.54, 1.807) is 0 Å². The summed E-state index contributed by atoms with van der Waals surface area (Å²) in [6.45, 7) is 2.30. The Balaban J connectivity index is 1.58. The summed E-state index contributed by atoms with van der Waals surface area (Å²) in [5.41, 5.74) is -0.918. The van der Waals surface area contributed by atoms with E-state index in [1.165, 1.54) is 20.8 Å². The quantitative estimate of drug-likeness (QED) is 0.0279. The molecule has 0 aromatic rings. The lowest BCUT2D eigenvalue weighted by Gasteiger charge is -2.37. The number of hydrogen-bond donors (Lipinski definition) is 12. The molecule has 3 aliphatic heterocycles. The zero-order valence-corrected chi connectivity index (χ0v) is 69.9. The van der Waals surface area contributed by atoms with Crippen molar-refractivity contribution in [3.8, 4) is 0 Å². The van der Waals surface area contributed by atoms with Gasteiger partial charge < -0.3 is 165 Å². The molecule has 3 amide bonds. The summed E-state index contributed by atoms with van der Waals surface area (Å²) in [7, 11) is -17.6. The normalized spacial score (nSPS) is 27.4. The van der Waals surface area contributed by atoms with Gasteiger partial charge in [0.1, 0.15) is 36.4 Å². The molecule has 41 nitrogen and oxygen atoms in total. The lowest BCUT2D eigenvalue weighted by Crippen LogP contribution is -2.58. The molecule has 3 aliphatic rings. The number of ether oxygens (including phenoxy) is 10. The van der Waals surface area contributed by atoms with Gasteiger partial charge in [0, 0.05) is 124 Å². The number of aliphatic hydroxyl groups is 9. The van der Waals surface area contributed by atoms with Gasteiger partial charge >= 0.3 is 0 Å². The van der Waals surface area contributed by atoms with Gasteiger partial charge in [-0.05, 0) is 128 Å². The number of aliphatic hydroxyl groups excluding tert-OH is 9. The molecular formula is C69H131N3O38P4-4. The Morgan fingerprint density at radius 3 is 0.912 bits per heavy atom. The summed E-state index contributed by atoms with van der Waals surface area (Å²) in [5.74, 6) is -2.96. The van der Waals surface area contributed by atoms with Crippen molar-refractivity contribution in [2.75, 3.05) is 166 Å². The molecule has 114 heavy (non-hydrogen) atoms. The number of carbonyl (C=O) groups excluding carboxylic acids is 3. The van der Waals surface area contributed by atoms with Crippen molar-refractivity contribution in [2.45, 2.75) is 236 Å². The molecule has 3 rings (SSSR count). The largest absolute Gasteiger partial charge is 0.756 e. The zero-order chi connectivity index (χ0) is 84.3. The van der Waals surface area contributed by atoms with E-state index in [-0.39, 0.29) is 203 Å². The van der Waals surface area contributed by atoms with Crippen LogP contribution >= 0.6 is 31.3 Å². The van der Waals surface area contributed by atoms with E-state index in [4.69, 9.17) is 79.0 Å². The van der Waals surface area contributed by atoms with Crippen molar-refractivity contribution in [3.63, 3.8) is 0 Å². The fourth-order valence-corrected chi connectivity index (χ4v) is 14.8. The minimum Gasteiger partial charge on any atom is -0.756 e. The van der Waals surface area contributed by atoms with E-state index in [1.807, 2.05) is 0 Å². The Labute approximate surface area is 668 Å². The SMILES string of the molecule is COP(=O)([O-])OCCCCCCOCCC(COCCCCCOP(=O)([O-])OCCCCCO[C@@H]1OCC(CO)C[C@H](O)[C@H](O)C1NC(C)=O)(COCCCCOP(=O)([O-])OCCCCO[C@@H]1OCC(CO)C[C@H](O)[C@H](O)C1NC(C)=O)COCCCOP(=O)([O-])OCCCCCO[C@@H]1OCC(CO)C[C@H](O)[C@H](O)C1NC(C)=O. The Hall–Kier alpha value is -1.91. The lowest BCUT2D eigenvalue weighted by molar-refractivity contribution is -0.227. The number of phosphoric acid groups is 4. The van der Waals surface area contributed by atoms with Crippen LogP contribution in [0, 0.1) is 23.2 Å². The van der Waals surface area contributed by atoms with E-state index < -0.39 is 146 Å². The standard InChI is InChI=1S/C69H135N3O38P4/c1-51(76)70-60-63(82)57(79)39-54(42-73)45-101-66(60)98-28-12-8-16-33-106-112(87,88)105-32-15-7-11-25-95-48-69(23-38-94-24-10-5-6-14-31-104-111(85,86)93-4,49-96-26-18-20-35-108-113(89,90)109-36-21-19-30-100-68-62(72-53(3)78)65(84)59(81)41-56(44-75)47-103-68)50-97-27-22-37-110-114(91,92)107-34-17-9-13-29-99-67-61(71-52(2)77)64(83)58(80)40-55(43-74)46-102-67/h54-68,73-75,79-84H,5-50H2,1-4H3,(H,70,76)(H,71,77)(H,72,78)(H,85,86)(H,87,88)(H,89,90)(H,91,92)/p-4/t54?,55?,56?,57-,58-,59-,60?,61?,62?,63-,64-,65-,66+,67+,68+,69?/m0/s1. The molecular weight excluding hydrogens is 1600 g/mol. The highest BCUT2D eigenvalue weighted by Gasteiger charge is 2.42. The maximum atomic E-state index is 12.8. The van der Waals surface area contributed by atoms with Gasteiger partial charge in [0.15, 0.2) is 18.9 Å². The molecule has 0 radical (unpaired) electrons. The highest BCUT2D eigenvalue weighted by atomic mass is 31.2. The average Bonchev–Trinajstić information content (AvgIpc) is 0.847. The first-order chi connectivity index (χ1) is 54.3. The molecule has 3 heterocycles. The summed E-state index contributed by atoms with van der Waals surface area (Å²) in [6, 6.07) is -3.34. The number of phosphoric ester groups is 4. The minimum atomic E-state index is -4.78. The molecule has 12 N–H and O–H groups in total. The average molecular weight is 1730 g/mol. The predicted octanol–water partition coefficient (Wildman–Crippen LogP) is -0.119. The van der Waals surface area contributed by atoms with E-state index in [0.717, 1.165) is 7.11 Å². The van der Waals surface area contributed by atoms with Crippen LogP contribution < -0.4 is 35.5 Å². The Kier molecular flexibility index (Phi) is 56.5. The maximum absolute atomic E-state index is 12.8. The highest BCUT2D eigenvalue weighted by Crippen LogP contribution is 2.41. The van der Waals surface area contributed by atoms with Gasteiger partial charge in [-0.3, -0.25) is 32.6 Å². The van der Waals surface area contributed by atoms with Crippen molar-refractivity contribution < 1.29 is 182 Å². The van der Waals surface area contributed by atoms with Crippen LogP contribution in [0.2, 0.25) is 0 Å². The number of rotatable bonds is 65. The molecule has 11 unspecified atom stereocenters. The monoisotopic (exact) mass is 1730 g/mol. The third kappa shape index (κ3) is 48.1. The van der Waals surface area contributed by atoms with Gasteiger partial charge in [-0.2, -0.15) is 0 Å². The van der Waals surface area contributed by atoms with Gasteiger partial charge in [-0.15, -0.1) is 0 Å². The third-order valence-corrected chi connectivity index (χ3v) is 22.4. The van der Waals surface area contributed by atoms with Crippen LogP contribution in [-0.4, -0.2) is 303 Å². The molecule has 0 saturated carbocycles. The summed E-state index contributed by atoms with van der Waals surface area (Å²) in [6.07, 6.45) is -4.29. The van der Waals surface area contributed by atoms with E-state index in [9.17, 15) is 98.2 Å². The Morgan fingerprint density at radius 2 is 0.605 bits per heavy atom. The summed E-state index contributed by atoms with van der Waals surface area (Å²) >= 11 is 0. The number of carbonyl (C=O) groups is 3.